The van der Waals surface area contributed by atoms with Crippen LogP contribution in [0.25, 0.3) is 22.2 Å². The molecule has 2 aromatic heterocycles. The van der Waals surface area contributed by atoms with Gasteiger partial charge in [0.15, 0.2) is 0 Å². The lowest BCUT2D eigenvalue weighted by atomic mass is 9.89. The topological polar surface area (TPSA) is 66.2 Å². The predicted molar refractivity (Wildman–Crippen MR) is 155 cm³/mol. The van der Waals surface area contributed by atoms with Crippen molar-refractivity contribution in [3.63, 3.8) is 0 Å². The number of piperidine rings is 1. The molecule has 204 valence electrons. The first kappa shape index (κ1) is 25.8. The molecule has 6 nitrogen and oxygen atoms in total. The summed E-state index contributed by atoms with van der Waals surface area (Å²) in [5.74, 6) is 2.43. The molecule has 1 saturated heterocycles. The molecule has 2 aliphatic carbocycles. The van der Waals surface area contributed by atoms with Gasteiger partial charge in [0.2, 0.25) is 5.95 Å². The van der Waals surface area contributed by atoms with Crippen molar-refractivity contribution >= 4 is 17.0 Å². The average Bonchev–Trinajstić information content (AvgIpc) is 3.69. The maximum absolute atomic E-state index is 10.1. The number of benzene rings is 1. The fourth-order valence-corrected chi connectivity index (χ4v) is 6.64. The molecule has 0 unspecified atom stereocenters. The van der Waals surface area contributed by atoms with Gasteiger partial charge in [0.1, 0.15) is 5.65 Å². The van der Waals surface area contributed by atoms with Crippen LogP contribution in [0.5, 0.6) is 0 Å². The van der Waals surface area contributed by atoms with E-state index in [0.29, 0.717) is 6.04 Å². The molecule has 3 aromatic rings. The highest BCUT2D eigenvalue weighted by Gasteiger charge is 2.25. The number of fused-ring (bicyclic) bond motifs is 1. The SMILES string of the molecule is CCCN1CCC(Cc2ccc(-c3cn(C4CCC(O)CC4)c4nc(NCCC5CC5)ncc34)cc2)CC1. The summed E-state index contributed by atoms with van der Waals surface area (Å²) in [5, 5.41) is 14.7. The van der Waals surface area contributed by atoms with Crippen LogP contribution >= 0.6 is 0 Å². The molecular weight excluding hydrogens is 470 g/mol. The summed E-state index contributed by atoms with van der Waals surface area (Å²) in [7, 11) is 0. The summed E-state index contributed by atoms with van der Waals surface area (Å²) in [6.07, 6.45) is 16.9. The summed E-state index contributed by atoms with van der Waals surface area (Å²) >= 11 is 0. The van der Waals surface area contributed by atoms with E-state index < -0.39 is 0 Å². The van der Waals surface area contributed by atoms with Gasteiger partial charge in [0.05, 0.1) is 6.10 Å². The molecule has 6 heteroatoms. The number of aromatic nitrogens is 3. The molecule has 0 spiro atoms. The Kier molecular flexibility index (Phi) is 7.98. The quantitative estimate of drug-likeness (QED) is 0.325. The van der Waals surface area contributed by atoms with Crippen molar-refractivity contribution < 1.29 is 5.11 Å². The van der Waals surface area contributed by atoms with Crippen LogP contribution in [0.1, 0.15) is 82.7 Å². The second-order valence-electron chi connectivity index (χ2n) is 12.2. The molecule has 0 bridgehead atoms. The zero-order chi connectivity index (χ0) is 25.9. The van der Waals surface area contributed by atoms with E-state index in [0.717, 1.165) is 61.0 Å². The van der Waals surface area contributed by atoms with Crippen LogP contribution in [0.2, 0.25) is 0 Å². The molecule has 3 heterocycles. The Morgan fingerprint density at radius 3 is 2.42 bits per heavy atom. The van der Waals surface area contributed by atoms with Crippen LogP contribution in [0.15, 0.2) is 36.7 Å². The molecule has 38 heavy (non-hydrogen) atoms. The Bertz CT molecular complexity index is 1180. The zero-order valence-electron chi connectivity index (χ0n) is 23.1. The van der Waals surface area contributed by atoms with E-state index in [1.165, 1.54) is 81.3 Å². The average molecular weight is 516 g/mol. The Balaban J connectivity index is 1.21. The van der Waals surface area contributed by atoms with E-state index in [1.807, 2.05) is 6.20 Å². The number of nitrogens with one attached hydrogen (secondary N) is 1. The molecule has 6 rings (SSSR count). The van der Waals surface area contributed by atoms with E-state index in [-0.39, 0.29) is 6.10 Å². The molecular formula is C32H45N5O. The number of aliphatic hydroxyl groups is 1. The first-order valence-electron chi connectivity index (χ1n) is 15.3. The first-order chi connectivity index (χ1) is 18.7. The third-order valence-electron chi connectivity index (χ3n) is 9.20. The van der Waals surface area contributed by atoms with Crippen LogP contribution in [0.3, 0.4) is 0 Å². The third-order valence-corrected chi connectivity index (χ3v) is 9.20. The number of hydrogen-bond donors (Lipinski definition) is 2. The minimum Gasteiger partial charge on any atom is -0.393 e. The maximum atomic E-state index is 10.1. The van der Waals surface area contributed by atoms with Gasteiger partial charge in [0, 0.05) is 35.9 Å². The lowest BCUT2D eigenvalue weighted by Gasteiger charge is -2.31. The summed E-state index contributed by atoms with van der Waals surface area (Å²) in [5.41, 5.74) is 4.93. The van der Waals surface area contributed by atoms with Gasteiger partial charge >= 0.3 is 0 Å². The Morgan fingerprint density at radius 1 is 0.947 bits per heavy atom. The van der Waals surface area contributed by atoms with Gasteiger partial charge in [-0.25, -0.2) is 4.98 Å². The van der Waals surface area contributed by atoms with E-state index in [1.54, 1.807) is 0 Å². The normalized spacial score (nSPS) is 23.2. The standard InChI is InChI=1S/C32H45N5O/c1-2-17-36-18-14-25(15-19-36)20-24-5-7-26(8-6-24)30-22-37(27-9-11-28(38)12-10-27)31-29(30)21-34-32(35-31)33-16-13-23-3-4-23/h5-8,21-23,25,27-28,38H,2-4,9-20H2,1H3,(H,33,34,35). The Labute approximate surface area is 227 Å². The van der Waals surface area contributed by atoms with Gasteiger partial charge in [-0.3, -0.25) is 0 Å². The predicted octanol–water partition coefficient (Wildman–Crippen LogP) is 6.45. The number of likely N-dealkylation sites (tertiary alicyclic amines) is 1. The highest BCUT2D eigenvalue weighted by Crippen LogP contribution is 2.37. The lowest BCUT2D eigenvalue weighted by Crippen LogP contribution is -2.34. The minimum absolute atomic E-state index is 0.159. The van der Waals surface area contributed by atoms with Gasteiger partial charge in [-0.05, 0) is 100 Å². The van der Waals surface area contributed by atoms with E-state index >= 15 is 0 Å². The van der Waals surface area contributed by atoms with Crippen molar-refractivity contribution in [1.82, 2.24) is 19.4 Å². The van der Waals surface area contributed by atoms with Crippen molar-refractivity contribution in [2.45, 2.75) is 89.7 Å². The number of rotatable bonds is 10. The van der Waals surface area contributed by atoms with Gasteiger partial charge in [-0.1, -0.05) is 44.0 Å². The molecule has 0 atom stereocenters. The van der Waals surface area contributed by atoms with Crippen LogP contribution in [0.4, 0.5) is 5.95 Å². The highest BCUT2D eigenvalue weighted by molar-refractivity contribution is 5.94. The van der Waals surface area contributed by atoms with Crippen molar-refractivity contribution in [1.29, 1.82) is 0 Å². The minimum atomic E-state index is -0.159. The second kappa shape index (κ2) is 11.7. The van der Waals surface area contributed by atoms with E-state index in [4.69, 9.17) is 9.97 Å². The van der Waals surface area contributed by atoms with Crippen molar-refractivity contribution in [2.24, 2.45) is 11.8 Å². The lowest BCUT2D eigenvalue weighted by molar-refractivity contribution is 0.111. The molecule has 2 saturated carbocycles. The maximum Gasteiger partial charge on any atom is 0.224 e. The second-order valence-corrected chi connectivity index (χ2v) is 12.2. The number of nitrogens with zero attached hydrogens (tertiary/aromatic N) is 4. The Morgan fingerprint density at radius 2 is 1.71 bits per heavy atom. The molecule has 3 fully saturated rings. The summed E-state index contributed by atoms with van der Waals surface area (Å²) in [6.45, 7) is 6.98. The zero-order valence-corrected chi connectivity index (χ0v) is 23.1. The van der Waals surface area contributed by atoms with Gasteiger partial charge in [-0.15, -0.1) is 0 Å². The number of hydrogen-bond acceptors (Lipinski definition) is 5. The van der Waals surface area contributed by atoms with Crippen LogP contribution < -0.4 is 5.32 Å². The van der Waals surface area contributed by atoms with Crippen LogP contribution in [0, 0.1) is 11.8 Å². The first-order valence-corrected chi connectivity index (χ1v) is 15.3. The summed E-state index contributed by atoms with van der Waals surface area (Å²) in [4.78, 5) is 12.4. The molecule has 3 aliphatic rings. The van der Waals surface area contributed by atoms with Crippen LogP contribution in [-0.2, 0) is 6.42 Å². The monoisotopic (exact) mass is 515 g/mol. The van der Waals surface area contributed by atoms with Gasteiger partial charge < -0.3 is 19.9 Å². The Hall–Kier alpha value is -2.44. The molecule has 1 aliphatic heterocycles. The summed E-state index contributed by atoms with van der Waals surface area (Å²) < 4.78 is 2.38. The smallest absolute Gasteiger partial charge is 0.224 e. The molecule has 0 amide bonds. The van der Waals surface area contributed by atoms with Crippen molar-refractivity contribution in [2.75, 3.05) is 31.5 Å². The molecule has 2 N–H and O–H groups in total. The van der Waals surface area contributed by atoms with Gasteiger partial charge in [0.25, 0.3) is 0 Å². The van der Waals surface area contributed by atoms with Gasteiger partial charge in [-0.2, -0.15) is 4.98 Å². The number of aliphatic hydroxyl groups excluding tert-OH is 1. The fourth-order valence-electron chi connectivity index (χ4n) is 6.64. The third kappa shape index (κ3) is 6.07. The van der Waals surface area contributed by atoms with Crippen molar-refractivity contribution in [3.05, 3.63) is 42.2 Å². The molecule has 0 radical (unpaired) electrons. The molecule has 1 aromatic carbocycles. The fraction of sp³-hybridized carbons (Fsp3) is 0.625. The van der Waals surface area contributed by atoms with E-state index in [9.17, 15) is 5.11 Å². The number of anilines is 1. The van der Waals surface area contributed by atoms with Crippen molar-refractivity contribution in [3.8, 4) is 11.1 Å². The largest absolute Gasteiger partial charge is 0.393 e. The highest BCUT2D eigenvalue weighted by atomic mass is 16.3. The summed E-state index contributed by atoms with van der Waals surface area (Å²) in [6, 6.07) is 9.65. The van der Waals surface area contributed by atoms with E-state index in [2.05, 4.69) is 52.2 Å². The van der Waals surface area contributed by atoms with Crippen LogP contribution in [-0.4, -0.2) is 56.8 Å².